The Morgan fingerprint density at radius 1 is 1.15 bits per heavy atom. The molecule has 3 rings (SSSR count). The molecule has 0 radical (unpaired) electrons. The third-order valence-corrected chi connectivity index (χ3v) is 3.58. The van der Waals surface area contributed by atoms with E-state index in [0.717, 1.165) is 11.3 Å². The summed E-state index contributed by atoms with van der Waals surface area (Å²) in [4.78, 5) is 0.0820. The van der Waals surface area contributed by atoms with Crippen LogP contribution in [0.15, 0.2) is 24.3 Å². The molecule has 2 aromatic heterocycles. The van der Waals surface area contributed by atoms with Gasteiger partial charge in [-0.25, -0.2) is 0 Å². The molecular formula is C11H7F3N4OS. The van der Waals surface area contributed by atoms with Crippen molar-refractivity contribution in [2.45, 2.75) is 12.8 Å². The fourth-order valence-corrected chi connectivity index (χ4v) is 2.51. The molecule has 0 aliphatic rings. The summed E-state index contributed by atoms with van der Waals surface area (Å²) in [6.07, 6.45) is -4.59. The molecule has 0 saturated heterocycles. The first kappa shape index (κ1) is 13.0. The largest absolute Gasteiger partial charge is 0.453 e. The van der Waals surface area contributed by atoms with Gasteiger partial charge in [0.2, 0.25) is 4.96 Å². The fraction of sp³-hybridized carbons (Fsp3) is 0.182. The SMILES string of the molecule is OCc1ccc(-c2nn3c(C(F)(F)F)nnc3s2)cc1. The molecule has 0 aliphatic heterocycles. The van der Waals surface area contributed by atoms with E-state index in [0.29, 0.717) is 20.6 Å². The minimum absolute atomic E-state index is 0.0820. The molecule has 0 saturated carbocycles. The lowest BCUT2D eigenvalue weighted by Crippen LogP contribution is -2.11. The first-order valence-electron chi connectivity index (χ1n) is 5.48. The predicted octanol–water partition coefficient (Wildman–Crippen LogP) is 2.36. The molecule has 0 spiro atoms. The van der Waals surface area contributed by atoms with Gasteiger partial charge in [-0.15, -0.1) is 10.2 Å². The lowest BCUT2D eigenvalue weighted by molar-refractivity contribution is -0.146. The van der Waals surface area contributed by atoms with Crippen molar-refractivity contribution in [3.05, 3.63) is 35.7 Å². The Morgan fingerprint density at radius 3 is 2.45 bits per heavy atom. The molecule has 20 heavy (non-hydrogen) atoms. The van der Waals surface area contributed by atoms with E-state index in [-0.39, 0.29) is 11.6 Å². The topological polar surface area (TPSA) is 63.3 Å². The standard InChI is InChI=1S/C11H7F3N4OS/c12-11(13,14)9-15-16-10-18(9)17-8(20-10)7-3-1-6(5-19)2-4-7/h1-4,19H,5H2. The summed E-state index contributed by atoms with van der Waals surface area (Å²) in [5.41, 5.74) is 1.37. The predicted molar refractivity (Wildman–Crippen MR) is 65.0 cm³/mol. The van der Waals surface area contributed by atoms with Crippen molar-refractivity contribution >= 4 is 16.3 Å². The highest BCUT2D eigenvalue weighted by Gasteiger charge is 2.38. The minimum atomic E-state index is -4.59. The third kappa shape index (κ3) is 2.14. The maximum Gasteiger partial charge on any atom is 0.453 e. The van der Waals surface area contributed by atoms with Gasteiger partial charge >= 0.3 is 6.18 Å². The van der Waals surface area contributed by atoms with E-state index in [1.807, 2.05) is 0 Å². The van der Waals surface area contributed by atoms with E-state index in [9.17, 15) is 13.2 Å². The number of aromatic nitrogens is 4. The van der Waals surface area contributed by atoms with Crippen molar-refractivity contribution in [3.8, 4) is 10.6 Å². The van der Waals surface area contributed by atoms with Crippen LogP contribution in [0.5, 0.6) is 0 Å². The van der Waals surface area contributed by atoms with Gasteiger partial charge in [-0.3, -0.25) is 0 Å². The van der Waals surface area contributed by atoms with Crippen molar-refractivity contribution in [2.24, 2.45) is 0 Å². The van der Waals surface area contributed by atoms with Gasteiger partial charge in [0.25, 0.3) is 5.82 Å². The van der Waals surface area contributed by atoms with Crippen LogP contribution in [-0.4, -0.2) is 24.9 Å². The van der Waals surface area contributed by atoms with Crippen LogP contribution in [0.3, 0.4) is 0 Å². The zero-order valence-electron chi connectivity index (χ0n) is 9.79. The van der Waals surface area contributed by atoms with E-state index >= 15 is 0 Å². The Kier molecular flexibility index (Phi) is 2.94. The van der Waals surface area contributed by atoms with Crippen LogP contribution in [-0.2, 0) is 12.8 Å². The number of nitrogens with zero attached hydrogens (tertiary/aromatic N) is 4. The molecule has 2 heterocycles. The Labute approximate surface area is 114 Å². The molecule has 0 amide bonds. The number of rotatable bonds is 2. The molecule has 1 aromatic carbocycles. The van der Waals surface area contributed by atoms with Crippen LogP contribution >= 0.6 is 11.3 Å². The van der Waals surface area contributed by atoms with E-state index in [1.165, 1.54) is 0 Å². The van der Waals surface area contributed by atoms with Gasteiger partial charge in [0.05, 0.1) is 6.61 Å². The minimum Gasteiger partial charge on any atom is -0.392 e. The summed E-state index contributed by atoms with van der Waals surface area (Å²) in [5, 5.41) is 19.8. The molecule has 0 unspecified atom stereocenters. The van der Waals surface area contributed by atoms with Gasteiger partial charge in [0, 0.05) is 5.56 Å². The van der Waals surface area contributed by atoms with Crippen molar-refractivity contribution in [3.63, 3.8) is 0 Å². The number of aliphatic hydroxyl groups excluding tert-OH is 1. The second kappa shape index (κ2) is 4.53. The average Bonchev–Trinajstić information content (AvgIpc) is 2.97. The van der Waals surface area contributed by atoms with E-state index in [4.69, 9.17) is 5.11 Å². The molecule has 104 valence electrons. The summed E-state index contributed by atoms with van der Waals surface area (Å²) in [6, 6.07) is 6.74. The number of hydrogen-bond donors (Lipinski definition) is 1. The second-order valence-corrected chi connectivity index (χ2v) is 4.93. The lowest BCUT2D eigenvalue weighted by Gasteiger charge is -2.00. The van der Waals surface area contributed by atoms with Crippen LogP contribution in [0.2, 0.25) is 0 Å². The van der Waals surface area contributed by atoms with Crippen LogP contribution < -0.4 is 0 Å². The number of fused-ring (bicyclic) bond motifs is 1. The number of alkyl halides is 3. The summed E-state index contributed by atoms with van der Waals surface area (Å²) >= 11 is 1.02. The first-order chi connectivity index (χ1) is 9.49. The molecule has 9 heteroatoms. The zero-order chi connectivity index (χ0) is 14.3. The molecular weight excluding hydrogens is 293 g/mol. The highest BCUT2D eigenvalue weighted by atomic mass is 32.1. The van der Waals surface area contributed by atoms with Gasteiger partial charge < -0.3 is 5.11 Å². The van der Waals surface area contributed by atoms with Crippen molar-refractivity contribution < 1.29 is 18.3 Å². The summed E-state index contributed by atoms with van der Waals surface area (Å²) in [5.74, 6) is -1.14. The molecule has 0 aliphatic carbocycles. The van der Waals surface area contributed by atoms with Gasteiger partial charge in [-0.1, -0.05) is 35.6 Å². The highest BCUT2D eigenvalue weighted by molar-refractivity contribution is 7.19. The Morgan fingerprint density at radius 2 is 1.85 bits per heavy atom. The number of benzene rings is 1. The molecule has 0 bridgehead atoms. The quantitative estimate of drug-likeness (QED) is 0.789. The average molecular weight is 300 g/mol. The van der Waals surface area contributed by atoms with Gasteiger partial charge in [0.1, 0.15) is 5.01 Å². The van der Waals surface area contributed by atoms with Gasteiger partial charge in [0.15, 0.2) is 0 Å². The monoisotopic (exact) mass is 300 g/mol. The number of hydrogen-bond acceptors (Lipinski definition) is 5. The molecule has 0 atom stereocenters. The normalized spacial score (nSPS) is 12.2. The van der Waals surface area contributed by atoms with E-state index < -0.39 is 12.0 Å². The van der Waals surface area contributed by atoms with Gasteiger partial charge in [-0.05, 0) is 5.56 Å². The van der Waals surface area contributed by atoms with Crippen LogP contribution in [0.4, 0.5) is 13.2 Å². The van der Waals surface area contributed by atoms with Crippen molar-refractivity contribution in [1.82, 2.24) is 19.8 Å². The van der Waals surface area contributed by atoms with Crippen molar-refractivity contribution in [1.29, 1.82) is 0 Å². The number of halogens is 3. The van der Waals surface area contributed by atoms with Crippen LogP contribution in [0.1, 0.15) is 11.4 Å². The highest BCUT2D eigenvalue weighted by Crippen LogP contribution is 2.31. The lowest BCUT2D eigenvalue weighted by atomic mass is 10.1. The summed E-state index contributed by atoms with van der Waals surface area (Å²) in [7, 11) is 0. The maximum absolute atomic E-state index is 12.7. The number of aliphatic hydroxyl groups is 1. The maximum atomic E-state index is 12.7. The van der Waals surface area contributed by atoms with Crippen LogP contribution in [0.25, 0.3) is 15.5 Å². The molecule has 3 aromatic rings. The first-order valence-corrected chi connectivity index (χ1v) is 6.30. The summed E-state index contributed by atoms with van der Waals surface area (Å²) in [6.45, 7) is -0.0936. The zero-order valence-corrected chi connectivity index (χ0v) is 10.6. The molecule has 5 nitrogen and oxygen atoms in total. The summed E-state index contributed by atoms with van der Waals surface area (Å²) < 4.78 is 38.7. The second-order valence-electron chi connectivity index (χ2n) is 3.98. The van der Waals surface area contributed by atoms with E-state index in [2.05, 4.69) is 15.3 Å². The third-order valence-electron chi connectivity index (χ3n) is 2.63. The van der Waals surface area contributed by atoms with Gasteiger partial charge in [-0.2, -0.15) is 22.8 Å². The molecule has 1 N–H and O–H groups in total. The molecule has 0 fully saturated rings. The Balaban J connectivity index is 2.06. The van der Waals surface area contributed by atoms with E-state index in [1.54, 1.807) is 24.3 Å². The fourth-order valence-electron chi connectivity index (χ4n) is 1.66. The Hall–Kier alpha value is -2.00. The van der Waals surface area contributed by atoms with Crippen LogP contribution in [0, 0.1) is 0 Å². The smallest absolute Gasteiger partial charge is 0.392 e. The Bertz CT molecular complexity index is 747. The van der Waals surface area contributed by atoms with Crippen molar-refractivity contribution in [2.75, 3.05) is 0 Å².